The maximum absolute atomic E-state index is 11.6. The fraction of sp³-hybridized carbons (Fsp3) is 0.462. The van der Waals surface area contributed by atoms with E-state index in [2.05, 4.69) is 30.5 Å². The van der Waals surface area contributed by atoms with Gasteiger partial charge in [0.15, 0.2) is 0 Å². The Kier molecular flexibility index (Phi) is 4.07. The van der Waals surface area contributed by atoms with Gasteiger partial charge in [0, 0.05) is 5.69 Å². The summed E-state index contributed by atoms with van der Waals surface area (Å²) in [7, 11) is 1.76. The van der Waals surface area contributed by atoms with E-state index in [0.29, 0.717) is 6.54 Å². The van der Waals surface area contributed by atoms with Crippen molar-refractivity contribution in [1.29, 1.82) is 0 Å². The molecule has 1 amide bonds. The zero-order chi connectivity index (χ0) is 12.3. The Balaban J connectivity index is 3.07. The van der Waals surface area contributed by atoms with Crippen LogP contribution in [0.5, 0.6) is 0 Å². The van der Waals surface area contributed by atoms with Gasteiger partial charge in [-0.15, -0.1) is 0 Å². The Hall–Kier alpha value is -1.35. The van der Waals surface area contributed by atoms with Gasteiger partial charge in [-0.2, -0.15) is 0 Å². The van der Waals surface area contributed by atoms with Crippen molar-refractivity contribution >= 4 is 11.6 Å². The molecule has 0 atom stereocenters. The van der Waals surface area contributed by atoms with Crippen molar-refractivity contribution in [3.05, 3.63) is 28.3 Å². The molecule has 0 unspecified atom stereocenters. The summed E-state index contributed by atoms with van der Waals surface area (Å²) in [5, 5.41) is 5.80. The molecule has 0 aliphatic carbocycles. The van der Waals surface area contributed by atoms with Crippen molar-refractivity contribution in [2.45, 2.75) is 27.7 Å². The van der Waals surface area contributed by atoms with Gasteiger partial charge in [-0.3, -0.25) is 4.79 Å². The Labute approximate surface area is 97.2 Å². The molecular weight excluding hydrogens is 200 g/mol. The fourth-order valence-corrected chi connectivity index (χ4v) is 1.75. The third-order valence-corrected chi connectivity index (χ3v) is 2.97. The van der Waals surface area contributed by atoms with Crippen LogP contribution in [0.15, 0.2) is 6.07 Å². The number of anilines is 1. The highest BCUT2D eigenvalue weighted by atomic mass is 16.1. The van der Waals surface area contributed by atoms with Crippen LogP contribution in [0.2, 0.25) is 0 Å². The molecule has 0 aliphatic rings. The first kappa shape index (κ1) is 12.7. The summed E-state index contributed by atoms with van der Waals surface area (Å²) in [4.78, 5) is 11.6. The second kappa shape index (κ2) is 5.12. The van der Waals surface area contributed by atoms with Crippen molar-refractivity contribution in [3.63, 3.8) is 0 Å². The van der Waals surface area contributed by atoms with Crippen LogP contribution < -0.4 is 10.6 Å². The average Bonchev–Trinajstić information content (AvgIpc) is 2.22. The van der Waals surface area contributed by atoms with Crippen LogP contribution in [-0.4, -0.2) is 19.5 Å². The lowest BCUT2D eigenvalue weighted by atomic mass is 9.98. The highest BCUT2D eigenvalue weighted by Crippen LogP contribution is 2.26. The lowest BCUT2D eigenvalue weighted by Gasteiger charge is -2.16. The van der Waals surface area contributed by atoms with E-state index in [4.69, 9.17) is 0 Å². The van der Waals surface area contributed by atoms with Crippen molar-refractivity contribution in [2.24, 2.45) is 0 Å². The molecule has 0 aliphatic heterocycles. The van der Waals surface area contributed by atoms with Gasteiger partial charge in [-0.05, 0) is 57.0 Å². The predicted octanol–water partition coefficient (Wildman–Crippen LogP) is 2.08. The molecule has 0 saturated carbocycles. The monoisotopic (exact) mass is 220 g/mol. The highest BCUT2D eigenvalue weighted by Gasteiger charge is 2.10. The minimum atomic E-state index is -0.00120. The number of aryl methyl sites for hydroxylation is 2. The van der Waals surface area contributed by atoms with E-state index in [-0.39, 0.29) is 5.91 Å². The highest BCUT2D eigenvalue weighted by molar-refractivity contribution is 5.94. The number of benzene rings is 1. The standard InChI is InChI=1S/C13H20N2O/c1-8-6-9(2)11(4)13(10(8)3)15-12(16)7-14-5/h6,14H,7H2,1-5H3,(H,15,16). The zero-order valence-electron chi connectivity index (χ0n) is 10.7. The molecule has 3 nitrogen and oxygen atoms in total. The SMILES string of the molecule is CNCC(=O)Nc1c(C)c(C)cc(C)c1C. The molecule has 0 saturated heterocycles. The van der Waals surface area contributed by atoms with Crippen molar-refractivity contribution < 1.29 is 4.79 Å². The molecule has 0 fully saturated rings. The van der Waals surface area contributed by atoms with Crippen LogP contribution in [-0.2, 0) is 4.79 Å². The summed E-state index contributed by atoms with van der Waals surface area (Å²) >= 11 is 0. The largest absolute Gasteiger partial charge is 0.324 e. The summed E-state index contributed by atoms with van der Waals surface area (Å²) in [6.07, 6.45) is 0. The van der Waals surface area contributed by atoms with E-state index in [1.807, 2.05) is 13.8 Å². The van der Waals surface area contributed by atoms with Crippen LogP contribution in [0.25, 0.3) is 0 Å². The molecule has 0 bridgehead atoms. The van der Waals surface area contributed by atoms with Gasteiger partial charge in [0.1, 0.15) is 0 Å². The van der Waals surface area contributed by atoms with Crippen molar-refractivity contribution in [3.8, 4) is 0 Å². The van der Waals surface area contributed by atoms with Gasteiger partial charge < -0.3 is 10.6 Å². The number of amides is 1. The minimum Gasteiger partial charge on any atom is -0.324 e. The Morgan fingerprint density at radius 3 is 2.06 bits per heavy atom. The second-order valence-electron chi connectivity index (χ2n) is 4.21. The first-order chi connectivity index (χ1) is 7.47. The van der Waals surface area contributed by atoms with E-state index in [1.54, 1.807) is 7.05 Å². The lowest BCUT2D eigenvalue weighted by molar-refractivity contribution is -0.115. The third-order valence-electron chi connectivity index (χ3n) is 2.97. The Morgan fingerprint density at radius 2 is 1.62 bits per heavy atom. The molecule has 1 rings (SSSR count). The molecule has 2 N–H and O–H groups in total. The van der Waals surface area contributed by atoms with Gasteiger partial charge in [0.05, 0.1) is 6.54 Å². The van der Waals surface area contributed by atoms with E-state index < -0.39 is 0 Å². The van der Waals surface area contributed by atoms with E-state index in [1.165, 1.54) is 11.1 Å². The number of carbonyl (C=O) groups is 1. The van der Waals surface area contributed by atoms with Crippen LogP contribution in [0.1, 0.15) is 22.3 Å². The summed E-state index contributed by atoms with van der Waals surface area (Å²) in [6, 6.07) is 2.15. The van der Waals surface area contributed by atoms with Gasteiger partial charge in [-0.25, -0.2) is 0 Å². The third kappa shape index (κ3) is 2.61. The summed E-state index contributed by atoms with van der Waals surface area (Å²) in [5.41, 5.74) is 5.67. The maximum Gasteiger partial charge on any atom is 0.238 e. The second-order valence-corrected chi connectivity index (χ2v) is 4.21. The average molecular weight is 220 g/mol. The van der Waals surface area contributed by atoms with Gasteiger partial charge in [-0.1, -0.05) is 6.07 Å². The number of nitrogens with one attached hydrogen (secondary N) is 2. The minimum absolute atomic E-state index is 0.00120. The molecular formula is C13H20N2O. The number of likely N-dealkylation sites (N-methyl/N-ethyl adjacent to an activating group) is 1. The number of hydrogen-bond donors (Lipinski definition) is 2. The molecule has 88 valence electrons. The van der Waals surface area contributed by atoms with Gasteiger partial charge >= 0.3 is 0 Å². The quantitative estimate of drug-likeness (QED) is 0.819. The first-order valence-electron chi connectivity index (χ1n) is 5.49. The molecule has 3 heteroatoms. The number of rotatable bonds is 3. The van der Waals surface area contributed by atoms with E-state index in [0.717, 1.165) is 16.8 Å². The van der Waals surface area contributed by atoms with Crippen LogP contribution in [0.3, 0.4) is 0 Å². The summed E-state index contributed by atoms with van der Waals surface area (Å²) < 4.78 is 0. The van der Waals surface area contributed by atoms with E-state index in [9.17, 15) is 4.79 Å². The van der Waals surface area contributed by atoms with E-state index >= 15 is 0 Å². The predicted molar refractivity (Wildman–Crippen MR) is 67.9 cm³/mol. The smallest absolute Gasteiger partial charge is 0.238 e. The van der Waals surface area contributed by atoms with Crippen LogP contribution in [0, 0.1) is 27.7 Å². The molecule has 1 aromatic carbocycles. The lowest BCUT2D eigenvalue weighted by Crippen LogP contribution is -2.26. The van der Waals surface area contributed by atoms with Crippen molar-refractivity contribution in [1.82, 2.24) is 5.32 Å². The van der Waals surface area contributed by atoms with Gasteiger partial charge in [0.25, 0.3) is 0 Å². The molecule has 0 heterocycles. The molecule has 16 heavy (non-hydrogen) atoms. The molecule has 0 radical (unpaired) electrons. The number of hydrogen-bond acceptors (Lipinski definition) is 2. The molecule has 1 aromatic rings. The normalized spacial score (nSPS) is 10.3. The van der Waals surface area contributed by atoms with Crippen LogP contribution in [0.4, 0.5) is 5.69 Å². The first-order valence-corrected chi connectivity index (χ1v) is 5.49. The zero-order valence-corrected chi connectivity index (χ0v) is 10.7. The topological polar surface area (TPSA) is 41.1 Å². The summed E-state index contributed by atoms with van der Waals surface area (Å²) in [5.74, 6) is -0.00120. The molecule has 0 aromatic heterocycles. The van der Waals surface area contributed by atoms with Crippen LogP contribution >= 0.6 is 0 Å². The Bertz CT molecular complexity index is 385. The number of carbonyl (C=O) groups excluding carboxylic acids is 1. The van der Waals surface area contributed by atoms with Gasteiger partial charge in [0.2, 0.25) is 5.91 Å². The molecule has 0 spiro atoms. The summed E-state index contributed by atoms with van der Waals surface area (Å²) in [6.45, 7) is 8.55. The fourth-order valence-electron chi connectivity index (χ4n) is 1.75. The van der Waals surface area contributed by atoms with Crippen molar-refractivity contribution in [2.75, 3.05) is 18.9 Å². The Morgan fingerprint density at radius 1 is 1.12 bits per heavy atom. The maximum atomic E-state index is 11.6.